The van der Waals surface area contributed by atoms with Crippen molar-refractivity contribution in [3.8, 4) is 0 Å². The van der Waals surface area contributed by atoms with Gasteiger partial charge in [0.2, 0.25) is 5.60 Å². The number of nitrogens with one attached hydrogen (secondary N) is 1. The summed E-state index contributed by atoms with van der Waals surface area (Å²) in [5.41, 5.74) is 6.90. The maximum atomic E-state index is 14.5. The van der Waals surface area contributed by atoms with E-state index in [1.807, 2.05) is 0 Å². The van der Waals surface area contributed by atoms with Crippen LogP contribution in [0.2, 0.25) is 0 Å². The van der Waals surface area contributed by atoms with Crippen LogP contribution in [0, 0.1) is 18.3 Å². The number of aryl methyl sites for hydroxylation is 1. The fourth-order valence-corrected chi connectivity index (χ4v) is 9.31. The number of hydrogen-bond donors (Lipinski definition) is 1. The minimum absolute atomic E-state index is 0.0749. The third-order valence-corrected chi connectivity index (χ3v) is 11.4. The Morgan fingerprint density at radius 2 is 1.92 bits per heavy atom. The molecule has 6 aliphatic rings. The molecule has 8 rings (SSSR count). The van der Waals surface area contributed by atoms with E-state index in [9.17, 15) is 4.79 Å². The Morgan fingerprint density at radius 1 is 1.13 bits per heavy atom. The van der Waals surface area contributed by atoms with Gasteiger partial charge in [-0.05, 0) is 86.7 Å². The molecule has 204 valence electrons. The second-order valence-corrected chi connectivity index (χ2v) is 12.9. The zero-order chi connectivity index (χ0) is 26.5. The molecule has 6 heteroatoms. The lowest BCUT2D eigenvalue weighted by molar-refractivity contribution is -0.157. The van der Waals surface area contributed by atoms with Gasteiger partial charge in [-0.3, -0.25) is 4.79 Å². The van der Waals surface area contributed by atoms with Crippen molar-refractivity contribution >= 4 is 5.91 Å². The molecule has 2 aromatic rings. The first kappa shape index (κ1) is 24.0. The van der Waals surface area contributed by atoms with Crippen molar-refractivity contribution in [3.63, 3.8) is 0 Å². The van der Waals surface area contributed by atoms with Crippen LogP contribution < -0.4 is 0 Å². The molecule has 3 fully saturated rings. The Hall–Kier alpha value is -2.83. The first-order valence-electron chi connectivity index (χ1n) is 14.9. The van der Waals surface area contributed by atoms with Gasteiger partial charge in [0.25, 0.3) is 5.91 Å². The smallest absolute Gasteiger partial charge is 0.263 e. The summed E-state index contributed by atoms with van der Waals surface area (Å²) in [5.74, 6) is 1.90. The van der Waals surface area contributed by atoms with Crippen LogP contribution in [-0.2, 0) is 20.7 Å². The maximum absolute atomic E-state index is 14.5. The number of fused-ring (bicyclic) bond motifs is 2. The third-order valence-electron chi connectivity index (χ3n) is 11.4. The Labute approximate surface area is 231 Å². The van der Waals surface area contributed by atoms with Crippen molar-refractivity contribution < 1.29 is 14.3 Å². The van der Waals surface area contributed by atoms with E-state index < -0.39 is 5.60 Å². The number of methoxy groups -OCH3 is 1. The molecular weight excluding hydrogens is 486 g/mol. The van der Waals surface area contributed by atoms with Crippen molar-refractivity contribution in [2.45, 2.75) is 69.1 Å². The molecule has 6 nitrogen and oxygen atoms in total. The van der Waals surface area contributed by atoms with Gasteiger partial charge in [-0.25, -0.2) is 0 Å². The number of H-pyrrole nitrogens is 1. The molecule has 1 saturated carbocycles. The van der Waals surface area contributed by atoms with E-state index >= 15 is 0 Å². The van der Waals surface area contributed by atoms with Crippen LogP contribution in [-0.4, -0.2) is 66.1 Å². The lowest BCUT2D eigenvalue weighted by atomic mass is 9.49. The number of rotatable bonds is 3. The molecule has 0 radical (unpaired) electrons. The standard InChI is InChI=1S/C33H39N3O3/c1-20-19-34-28-24(20)18-25-26-17-23-9-12-33(38-3,29-27(23)32(25,30(28)39-29)13-16-35(26)2)31(37)36-14-10-22(11-15-36)21-7-5-4-6-8-21/h4-9,19,22,25-26,30,34H,10-18H2,1-3H3. The molecule has 1 spiro atoms. The van der Waals surface area contributed by atoms with Gasteiger partial charge in [0.05, 0.1) is 5.69 Å². The first-order chi connectivity index (χ1) is 19.0. The summed E-state index contributed by atoms with van der Waals surface area (Å²) < 4.78 is 13.5. The van der Waals surface area contributed by atoms with E-state index in [4.69, 9.17) is 9.47 Å². The number of hydrogen-bond acceptors (Lipinski definition) is 4. The number of carbonyl (C=O) groups excluding carboxylic acids is 1. The molecule has 1 amide bonds. The van der Waals surface area contributed by atoms with Gasteiger partial charge < -0.3 is 24.3 Å². The monoisotopic (exact) mass is 525 g/mol. The number of benzene rings is 1. The molecule has 2 bridgehead atoms. The number of nitrogens with zero attached hydrogens (tertiary/aromatic N) is 2. The average Bonchev–Trinajstić information content (AvgIpc) is 3.52. The molecule has 5 atom stereocenters. The van der Waals surface area contributed by atoms with Crippen LogP contribution in [0.5, 0.6) is 0 Å². The molecule has 3 aliphatic heterocycles. The molecular formula is C33H39N3O3. The zero-order valence-electron chi connectivity index (χ0n) is 23.3. The minimum Gasteiger partial charge on any atom is -0.484 e. The predicted octanol–water partition coefficient (Wildman–Crippen LogP) is 5.04. The van der Waals surface area contributed by atoms with Crippen molar-refractivity contribution in [1.82, 2.24) is 14.8 Å². The normalized spacial score (nSPS) is 35.3. The summed E-state index contributed by atoms with van der Waals surface area (Å²) in [6, 6.07) is 11.2. The molecule has 5 unspecified atom stereocenters. The van der Waals surface area contributed by atoms with E-state index in [1.54, 1.807) is 7.11 Å². The highest BCUT2D eigenvalue weighted by molar-refractivity contribution is 5.90. The fraction of sp³-hybridized carbons (Fsp3) is 0.545. The van der Waals surface area contributed by atoms with Crippen molar-refractivity contribution in [1.29, 1.82) is 0 Å². The van der Waals surface area contributed by atoms with Gasteiger partial charge in [0.15, 0.2) is 0 Å². The van der Waals surface area contributed by atoms with Crippen LogP contribution >= 0.6 is 0 Å². The van der Waals surface area contributed by atoms with Crippen LogP contribution in [0.3, 0.4) is 0 Å². The van der Waals surface area contributed by atoms with Gasteiger partial charge in [0.1, 0.15) is 11.9 Å². The van der Waals surface area contributed by atoms with Crippen LogP contribution in [0.4, 0.5) is 0 Å². The third kappa shape index (κ3) is 3.02. The van der Waals surface area contributed by atoms with E-state index in [0.29, 0.717) is 24.3 Å². The van der Waals surface area contributed by atoms with E-state index in [-0.39, 0.29) is 17.4 Å². The van der Waals surface area contributed by atoms with Crippen molar-refractivity contribution in [2.24, 2.45) is 11.3 Å². The Kier molecular flexibility index (Phi) is 5.13. The minimum atomic E-state index is -1.08. The first-order valence-corrected chi connectivity index (χ1v) is 14.9. The topological polar surface area (TPSA) is 57.8 Å². The molecule has 39 heavy (non-hydrogen) atoms. The van der Waals surface area contributed by atoms with Gasteiger partial charge in [0, 0.05) is 49.8 Å². The number of piperidine rings is 2. The molecule has 3 aliphatic carbocycles. The predicted molar refractivity (Wildman–Crippen MR) is 149 cm³/mol. The van der Waals surface area contributed by atoms with Crippen molar-refractivity contribution in [2.75, 3.05) is 33.8 Å². The summed E-state index contributed by atoms with van der Waals surface area (Å²) in [6.45, 7) is 4.78. The van der Waals surface area contributed by atoms with Gasteiger partial charge in [-0.1, -0.05) is 36.4 Å². The molecule has 1 N–H and O–H groups in total. The highest BCUT2D eigenvalue weighted by Gasteiger charge is 2.69. The number of aromatic amines is 1. The number of amides is 1. The maximum Gasteiger partial charge on any atom is 0.263 e. The van der Waals surface area contributed by atoms with Crippen molar-refractivity contribution in [3.05, 3.63) is 81.9 Å². The molecule has 4 heterocycles. The number of aromatic nitrogens is 1. The summed E-state index contributed by atoms with van der Waals surface area (Å²) >= 11 is 0. The van der Waals surface area contributed by atoms with Gasteiger partial charge in [-0.15, -0.1) is 0 Å². The SMILES string of the molecule is COC1(C(=O)N2CCC(c3ccccc3)CC2)CC=C2CC3C4Cc5c(C)c[nH]c5C5OC1=C2C54CCN3C. The number of likely N-dealkylation sites (tertiary alicyclic amines) is 2. The molecule has 2 saturated heterocycles. The Balaban J connectivity index is 1.18. The van der Waals surface area contributed by atoms with E-state index in [2.05, 4.69) is 71.4 Å². The van der Waals surface area contributed by atoms with E-state index in [0.717, 1.165) is 57.5 Å². The van der Waals surface area contributed by atoms with Gasteiger partial charge >= 0.3 is 0 Å². The van der Waals surface area contributed by atoms with Crippen LogP contribution in [0.1, 0.15) is 66.5 Å². The lowest BCUT2D eigenvalue weighted by Gasteiger charge is -2.59. The van der Waals surface area contributed by atoms with Gasteiger partial charge in [-0.2, -0.15) is 0 Å². The highest BCUT2D eigenvalue weighted by Crippen LogP contribution is 2.70. The zero-order valence-corrected chi connectivity index (χ0v) is 23.3. The summed E-state index contributed by atoms with van der Waals surface area (Å²) in [6.07, 6.45) is 10.1. The summed E-state index contributed by atoms with van der Waals surface area (Å²) in [4.78, 5) is 22.8. The van der Waals surface area contributed by atoms with Crippen LogP contribution in [0.15, 0.2) is 59.5 Å². The second-order valence-electron chi connectivity index (χ2n) is 12.9. The average molecular weight is 526 g/mol. The fourth-order valence-electron chi connectivity index (χ4n) is 9.31. The second kappa shape index (κ2) is 8.34. The quantitative estimate of drug-likeness (QED) is 0.610. The molecule has 1 aromatic carbocycles. The lowest BCUT2D eigenvalue weighted by Crippen LogP contribution is -2.60. The molecule has 1 aromatic heterocycles. The number of carbonyl (C=O) groups is 1. The highest BCUT2D eigenvalue weighted by atomic mass is 16.6. The van der Waals surface area contributed by atoms with Crippen LogP contribution in [0.25, 0.3) is 0 Å². The summed E-state index contributed by atoms with van der Waals surface area (Å²) in [7, 11) is 4.01. The largest absolute Gasteiger partial charge is 0.484 e. The van der Waals surface area contributed by atoms with E-state index in [1.165, 1.54) is 33.5 Å². The Bertz CT molecular complexity index is 1400. The number of ether oxygens (including phenoxy) is 2. The Morgan fingerprint density at radius 3 is 2.69 bits per heavy atom. The summed E-state index contributed by atoms with van der Waals surface area (Å²) in [5, 5.41) is 0.